The Labute approximate surface area is 414 Å². The van der Waals surface area contributed by atoms with E-state index in [1.54, 1.807) is 0 Å². The van der Waals surface area contributed by atoms with Crippen molar-refractivity contribution in [2.45, 2.75) is 105 Å². The molecular formula is C68H66S. The molecule has 2 atom stereocenters. The molecule has 2 aliphatic rings. The summed E-state index contributed by atoms with van der Waals surface area (Å²) in [6.45, 7) is 28.1. The lowest BCUT2D eigenvalue weighted by atomic mass is 9.68. The largest absolute Gasteiger partial charge is 0.135 e. The molecule has 0 bridgehead atoms. The Morgan fingerprint density at radius 2 is 0.783 bits per heavy atom. The van der Waals surface area contributed by atoms with Gasteiger partial charge in [-0.25, -0.2) is 0 Å². The molecule has 9 aromatic rings. The van der Waals surface area contributed by atoms with Crippen LogP contribution in [0.2, 0.25) is 0 Å². The first-order valence-corrected chi connectivity index (χ1v) is 26.0. The summed E-state index contributed by atoms with van der Waals surface area (Å²) in [5.74, 6) is 0.370. The van der Waals surface area contributed by atoms with E-state index in [1.807, 2.05) is 11.3 Å². The van der Waals surface area contributed by atoms with Crippen molar-refractivity contribution in [2.75, 3.05) is 0 Å². The minimum absolute atomic E-state index is 0.0107. The van der Waals surface area contributed by atoms with Crippen molar-refractivity contribution >= 4 is 64.2 Å². The summed E-state index contributed by atoms with van der Waals surface area (Å²) in [7, 11) is 0. The van der Waals surface area contributed by atoms with Crippen LogP contribution in [0.15, 0.2) is 170 Å². The molecule has 0 saturated carbocycles. The van der Waals surface area contributed by atoms with Crippen LogP contribution >= 0.6 is 11.3 Å². The zero-order valence-corrected chi connectivity index (χ0v) is 43.5. The maximum atomic E-state index is 2.52. The average molecular weight is 915 g/mol. The normalized spacial score (nSPS) is 16.5. The highest BCUT2D eigenvalue weighted by Crippen LogP contribution is 2.49. The van der Waals surface area contributed by atoms with Gasteiger partial charge in [-0.3, -0.25) is 0 Å². The van der Waals surface area contributed by atoms with Gasteiger partial charge in [-0.2, -0.15) is 0 Å². The van der Waals surface area contributed by atoms with E-state index in [-0.39, 0.29) is 33.5 Å². The van der Waals surface area contributed by atoms with Crippen LogP contribution in [0.5, 0.6) is 0 Å². The third-order valence-corrected chi connectivity index (χ3v) is 16.4. The quantitative estimate of drug-likeness (QED) is 0.154. The molecular weight excluding hydrogens is 849 g/mol. The van der Waals surface area contributed by atoms with Crippen molar-refractivity contribution in [3.05, 3.63) is 214 Å². The van der Waals surface area contributed by atoms with Crippen LogP contribution < -0.4 is 10.4 Å². The lowest BCUT2D eigenvalue weighted by Crippen LogP contribution is -2.40. The fourth-order valence-electron chi connectivity index (χ4n) is 11.4. The van der Waals surface area contributed by atoms with Crippen LogP contribution in [-0.4, -0.2) is 0 Å². The summed E-state index contributed by atoms with van der Waals surface area (Å²) in [6.07, 6.45) is 9.52. The van der Waals surface area contributed by atoms with Gasteiger partial charge >= 0.3 is 0 Å². The highest BCUT2D eigenvalue weighted by atomic mass is 32.1. The Bertz CT molecular complexity index is 3640. The first-order valence-electron chi connectivity index (χ1n) is 25.2. The zero-order valence-electron chi connectivity index (χ0n) is 42.7. The molecule has 0 nitrogen and oxygen atoms in total. The lowest BCUT2D eigenvalue weighted by Gasteiger charge is -2.35. The lowest BCUT2D eigenvalue weighted by molar-refractivity contribution is 0.567. The Hall–Kier alpha value is -6.28. The number of thiophene rings is 1. The fraction of sp³-hybridized carbons (Fsp3) is 0.265. The second kappa shape index (κ2) is 16.1. The first kappa shape index (κ1) is 45.2. The molecule has 69 heavy (non-hydrogen) atoms. The predicted octanol–water partition coefficient (Wildman–Crippen LogP) is 17.7. The molecule has 1 aromatic heterocycles. The van der Waals surface area contributed by atoms with Gasteiger partial charge in [0.1, 0.15) is 0 Å². The Kier molecular flexibility index (Phi) is 10.6. The second-order valence-corrected chi connectivity index (χ2v) is 25.2. The third kappa shape index (κ3) is 7.73. The van der Waals surface area contributed by atoms with Crippen molar-refractivity contribution in [1.82, 2.24) is 0 Å². The minimum atomic E-state index is 0.0107. The van der Waals surface area contributed by atoms with Gasteiger partial charge in [0.15, 0.2) is 0 Å². The standard InChI is InChI=1S/C68H66S/c1-65(2,3)44-34-42(35-45(39-44)66(4,5)6)61-50-24-15-13-22-48(50)60(49-23-14-16-25-51(49)61)41-32-33-58-57(38-41)64-56(30-21-31-59(64)69-58)63-54-28-19-17-26-52(54)62(53-27-18-20-29-55(53)63)43-36-46(67(7,8)9)40-47(37-43)68(10,11)12/h13-40,52,54H,1-12H3. The minimum Gasteiger partial charge on any atom is -0.135 e. The summed E-state index contributed by atoms with van der Waals surface area (Å²) in [5, 5.41) is 10.5. The second-order valence-electron chi connectivity index (χ2n) is 24.1. The summed E-state index contributed by atoms with van der Waals surface area (Å²) < 4.78 is 2.65. The molecule has 344 valence electrons. The van der Waals surface area contributed by atoms with Gasteiger partial charge in [0, 0.05) is 32.0 Å². The van der Waals surface area contributed by atoms with E-state index in [1.165, 1.54) is 119 Å². The molecule has 0 saturated heterocycles. The Balaban J connectivity index is 1.18. The van der Waals surface area contributed by atoms with E-state index < -0.39 is 0 Å². The van der Waals surface area contributed by atoms with E-state index in [9.17, 15) is 0 Å². The van der Waals surface area contributed by atoms with Gasteiger partial charge in [0.25, 0.3) is 0 Å². The van der Waals surface area contributed by atoms with Gasteiger partial charge < -0.3 is 0 Å². The van der Waals surface area contributed by atoms with E-state index >= 15 is 0 Å². The zero-order chi connectivity index (χ0) is 48.4. The Morgan fingerprint density at radius 3 is 1.28 bits per heavy atom. The first-order chi connectivity index (χ1) is 32.8. The van der Waals surface area contributed by atoms with Gasteiger partial charge in [-0.1, -0.05) is 235 Å². The Morgan fingerprint density at radius 1 is 0.348 bits per heavy atom. The van der Waals surface area contributed by atoms with Crippen molar-refractivity contribution in [2.24, 2.45) is 11.8 Å². The van der Waals surface area contributed by atoms with Crippen LogP contribution in [0.3, 0.4) is 0 Å². The van der Waals surface area contributed by atoms with Crippen LogP contribution in [0.4, 0.5) is 0 Å². The molecule has 2 unspecified atom stereocenters. The summed E-state index contributed by atoms with van der Waals surface area (Å²) in [5.41, 5.74) is 16.3. The van der Waals surface area contributed by atoms with Crippen molar-refractivity contribution in [3.8, 4) is 22.3 Å². The average Bonchev–Trinajstić information content (AvgIpc) is 3.69. The molecule has 2 aliphatic carbocycles. The molecule has 0 aliphatic heterocycles. The number of rotatable bonds is 4. The van der Waals surface area contributed by atoms with Gasteiger partial charge in [0.2, 0.25) is 0 Å². The van der Waals surface area contributed by atoms with Gasteiger partial charge in [-0.15, -0.1) is 11.3 Å². The van der Waals surface area contributed by atoms with E-state index in [4.69, 9.17) is 0 Å². The van der Waals surface area contributed by atoms with Crippen LogP contribution in [0, 0.1) is 11.8 Å². The number of hydrogen-bond acceptors (Lipinski definition) is 1. The maximum absolute atomic E-state index is 2.52. The highest BCUT2D eigenvalue weighted by Gasteiger charge is 2.34. The summed E-state index contributed by atoms with van der Waals surface area (Å²) in [6, 6.07) is 56.7. The summed E-state index contributed by atoms with van der Waals surface area (Å²) >= 11 is 1.92. The number of hydrogen-bond donors (Lipinski definition) is 0. The molecule has 1 heterocycles. The molecule has 0 fully saturated rings. The molecule has 8 aromatic carbocycles. The molecule has 1 heteroatoms. The van der Waals surface area contributed by atoms with Crippen LogP contribution in [-0.2, 0) is 21.7 Å². The van der Waals surface area contributed by atoms with Crippen LogP contribution in [0.25, 0.3) is 75.1 Å². The number of fused-ring (bicyclic) bond motifs is 7. The van der Waals surface area contributed by atoms with Gasteiger partial charge in [0.05, 0.1) is 0 Å². The number of benzene rings is 8. The smallest absolute Gasteiger partial charge is 0.0361 e. The fourth-order valence-corrected chi connectivity index (χ4v) is 12.5. The predicted molar refractivity (Wildman–Crippen MR) is 302 cm³/mol. The molecule has 0 N–H and O–H groups in total. The van der Waals surface area contributed by atoms with Crippen LogP contribution in [0.1, 0.15) is 116 Å². The third-order valence-electron chi connectivity index (χ3n) is 15.2. The monoisotopic (exact) mass is 914 g/mol. The molecule has 0 radical (unpaired) electrons. The topological polar surface area (TPSA) is 0 Å². The molecule has 11 rings (SSSR count). The van der Waals surface area contributed by atoms with Gasteiger partial charge in [-0.05, 0) is 139 Å². The molecule has 0 amide bonds. The van der Waals surface area contributed by atoms with Crippen molar-refractivity contribution in [3.63, 3.8) is 0 Å². The van der Waals surface area contributed by atoms with E-state index in [0.717, 1.165) is 0 Å². The molecule has 0 spiro atoms. The maximum Gasteiger partial charge on any atom is 0.0361 e. The van der Waals surface area contributed by atoms with E-state index in [0.29, 0.717) is 0 Å². The number of allylic oxidation sites excluding steroid dienone is 4. The SMILES string of the molecule is CC(C)(C)c1cc(C2=c3ccccc3=C(c3cccc4sc5ccc(-c6c7ccccc7c(-c7cc(C(C)(C)C)cc(C(C)(C)C)c7)c7ccccc67)cc5c34)C3C=CC=CC23)cc(C(C)(C)C)c1. The van der Waals surface area contributed by atoms with Crippen molar-refractivity contribution < 1.29 is 0 Å². The highest BCUT2D eigenvalue weighted by molar-refractivity contribution is 7.25. The summed E-state index contributed by atoms with van der Waals surface area (Å²) in [4.78, 5) is 0. The van der Waals surface area contributed by atoms with E-state index in [2.05, 4.69) is 253 Å². The van der Waals surface area contributed by atoms with Crippen molar-refractivity contribution in [1.29, 1.82) is 0 Å².